The van der Waals surface area contributed by atoms with E-state index >= 15 is 0 Å². The van der Waals surface area contributed by atoms with Crippen molar-refractivity contribution in [3.8, 4) is 11.5 Å². The van der Waals surface area contributed by atoms with Crippen molar-refractivity contribution >= 4 is 65.2 Å². The minimum Gasteiger partial charge on any atom is -0.508 e. The van der Waals surface area contributed by atoms with Gasteiger partial charge in [-0.1, -0.05) is 72.2 Å². The maximum Gasteiger partial charge on any atom is 0.326 e. The molecule has 436 valence electrons. The lowest BCUT2D eigenvalue weighted by molar-refractivity contribution is -0.149. The summed E-state index contributed by atoms with van der Waals surface area (Å²) in [6, 6.07) is -2.32. The number of likely N-dealkylation sites (tertiary alicyclic amines) is 1. The third kappa shape index (κ3) is 21.1. The number of aliphatic hydroxyl groups excluding tert-OH is 1. The molecule has 79 heavy (non-hydrogen) atoms. The van der Waals surface area contributed by atoms with Gasteiger partial charge in [-0.15, -0.1) is 0 Å². The zero-order chi connectivity index (χ0) is 59.4. The van der Waals surface area contributed by atoms with Gasteiger partial charge in [0.1, 0.15) is 59.8 Å². The largest absolute Gasteiger partial charge is 0.508 e. The maximum atomic E-state index is 14.5. The van der Waals surface area contributed by atoms with E-state index in [1.807, 2.05) is 0 Å². The number of phenols is 2. The zero-order valence-corrected chi connectivity index (χ0v) is 45.4. The average Bonchev–Trinajstić information content (AvgIpc) is 3.87. The standard InChI is InChI=1S/C53H77N9O17/c1-8-28(6)43(50(75)59-39(23-31-13-17-33(65)18-14-31)52(77)62-19-9-10-40(62)53(78)79)60-49(74)37(22-30-11-15-32(64)16-12-30)58-51(76)44(29(7)63)61-48(73)36(21-27(4)5)56-47(72)38(25-42(68)69)57-46(71)35(20-26(2)3)55-45(70)34(54)24-41(66)67/h11-18,26-29,34-40,43-44,63-65H,8-10,19-25,54H2,1-7H3,(H,55,70)(H,56,72)(H,57,71)(H,58,76)(H,59,75)(H,60,74)(H,61,73)(H,66,67)(H,68,69)(H,78,79)/t28-,29+,34-,35-,36-,37-,38-,39-,40-,43-,44-/m0/s1. The van der Waals surface area contributed by atoms with Gasteiger partial charge in [-0.2, -0.15) is 0 Å². The molecule has 2 aromatic rings. The van der Waals surface area contributed by atoms with Crippen LogP contribution in [0.3, 0.4) is 0 Å². The van der Waals surface area contributed by atoms with Gasteiger partial charge < -0.3 is 78.5 Å². The summed E-state index contributed by atoms with van der Waals surface area (Å²) in [6.45, 7) is 11.4. The van der Waals surface area contributed by atoms with Crippen molar-refractivity contribution in [1.29, 1.82) is 0 Å². The predicted octanol–water partition coefficient (Wildman–Crippen LogP) is -0.852. The summed E-state index contributed by atoms with van der Waals surface area (Å²) < 4.78 is 0. The highest BCUT2D eigenvalue weighted by atomic mass is 16.4. The van der Waals surface area contributed by atoms with Gasteiger partial charge in [0.15, 0.2) is 0 Å². The Labute approximate surface area is 457 Å². The van der Waals surface area contributed by atoms with Crippen LogP contribution in [0.1, 0.15) is 105 Å². The van der Waals surface area contributed by atoms with Crippen LogP contribution in [0.25, 0.3) is 0 Å². The van der Waals surface area contributed by atoms with Crippen LogP contribution in [0.15, 0.2) is 48.5 Å². The van der Waals surface area contributed by atoms with Crippen LogP contribution in [0.5, 0.6) is 11.5 Å². The van der Waals surface area contributed by atoms with E-state index in [1.54, 1.807) is 41.5 Å². The SMILES string of the molecule is CC[C@H](C)[C@H](NC(=O)[C@H](Cc1ccc(O)cc1)NC(=O)[C@@H](NC(=O)[C@H](CC(C)C)NC(=O)[C@H](CC(=O)O)NC(=O)[C@H](CC(C)C)NC(=O)[C@@H](N)CC(=O)O)[C@@H](C)O)C(=O)N[C@@H](Cc1ccc(O)cc1)C(=O)N1CCC[C@H]1C(=O)O. The number of hydrogen-bond donors (Lipinski definition) is 14. The van der Waals surface area contributed by atoms with Gasteiger partial charge in [-0.05, 0) is 85.8 Å². The summed E-state index contributed by atoms with van der Waals surface area (Å²) in [4.78, 5) is 148. The number of aliphatic carboxylic acids is 3. The van der Waals surface area contributed by atoms with Gasteiger partial charge in [0.25, 0.3) is 0 Å². The van der Waals surface area contributed by atoms with Crippen LogP contribution in [-0.2, 0) is 65.6 Å². The van der Waals surface area contributed by atoms with Crippen molar-refractivity contribution in [3.05, 3.63) is 59.7 Å². The third-order valence-electron chi connectivity index (χ3n) is 13.1. The van der Waals surface area contributed by atoms with E-state index in [1.165, 1.54) is 53.4 Å². The quantitative estimate of drug-likeness (QED) is 0.0437. The molecule has 2 aromatic carbocycles. The minimum absolute atomic E-state index is 0.0480. The summed E-state index contributed by atoms with van der Waals surface area (Å²) in [7, 11) is 0. The Hall–Kier alpha value is -7.87. The molecule has 1 heterocycles. The number of carboxylic acids is 3. The smallest absolute Gasteiger partial charge is 0.326 e. The highest BCUT2D eigenvalue weighted by Gasteiger charge is 2.41. The summed E-state index contributed by atoms with van der Waals surface area (Å²) >= 11 is 0. The van der Waals surface area contributed by atoms with Crippen molar-refractivity contribution in [2.45, 2.75) is 167 Å². The predicted molar refractivity (Wildman–Crippen MR) is 282 cm³/mol. The van der Waals surface area contributed by atoms with Crippen molar-refractivity contribution in [2.75, 3.05) is 6.54 Å². The molecule has 15 N–H and O–H groups in total. The molecule has 0 aromatic heterocycles. The summed E-state index contributed by atoms with van der Waals surface area (Å²) in [5, 5.41) is 76.9. The monoisotopic (exact) mass is 1110 g/mol. The number of amides is 8. The Morgan fingerprint density at radius 1 is 0.544 bits per heavy atom. The average molecular weight is 1110 g/mol. The molecule has 8 amide bonds. The molecular formula is C53H77N9O17. The maximum absolute atomic E-state index is 14.5. The molecule has 0 bridgehead atoms. The number of nitrogens with two attached hydrogens (primary N) is 1. The van der Waals surface area contributed by atoms with Crippen molar-refractivity contribution in [2.24, 2.45) is 23.5 Å². The summed E-state index contributed by atoms with van der Waals surface area (Å²) in [6.07, 6.45) is -3.20. The number of phenolic OH excluding ortho intramolecular Hbond substituents is 2. The first-order valence-electron chi connectivity index (χ1n) is 26.1. The van der Waals surface area contributed by atoms with Crippen molar-refractivity contribution < 1.29 is 83.4 Å². The highest BCUT2D eigenvalue weighted by molar-refractivity contribution is 5.99. The number of aromatic hydroxyl groups is 2. The van der Waals surface area contributed by atoms with Crippen LogP contribution in [-0.4, -0.2) is 168 Å². The van der Waals surface area contributed by atoms with Gasteiger partial charge in [-0.3, -0.25) is 47.9 Å². The van der Waals surface area contributed by atoms with Crippen LogP contribution in [0.4, 0.5) is 0 Å². The molecule has 26 heteroatoms. The number of nitrogens with one attached hydrogen (secondary N) is 7. The Bertz CT molecular complexity index is 2470. The number of nitrogens with zero attached hydrogens (tertiary/aromatic N) is 1. The first-order chi connectivity index (χ1) is 37.0. The van der Waals surface area contributed by atoms with Crippen LogP contribution in [0, 0.1) is 17.8 Å². The fourth-order valence-electron chi connectivity index (χ4n) is 8.66. The summed E-state index contributed by atoms with van der Waals surface area (Å²) in [5.74, 6) is -13.5. The molecule has 1 aliphatic heterocycles. The molecule has 0 spiro atoms. The normalized spacial score (nSPS) is 17.0. The number of carbonyl (C=O) groups is 11. The van der Waals surface area contributed by atoms with E-state index in [4.69, 9.17) is 10.8 Å². The lowest BCUT2D eigenvalue weighted by Gasteiger charge is -2.31. The lowest BCUT2D eigenvalue weighted by atomic mass is 9.96. The van der Waals surface area contributed by atoms with Crippen molar-refractivity contribution in [3.63, 3.8) is 0 Å². The Kier molecular flexibility index (Phi) is 25.6. The number of benzene rings is 2. The first-order valence-corrected chi connectivity index (χ1v) is 26.1. The number of hydrogen-bond acceptors (Lipinski definition) is 15. The molecule has 0 radical (unpaired) electrons. The van der Waals surface area contributed by atoms with Gasteiger partial charge in [0, 0.05) is 19.4 Å². The molecular weight excluding hydrogens is 1030 g/mol. The van der Waals surface area contributed by atoms with Crippen molar-refractivity contribution in [1.82, 2.24) is 42.1 Å². The lowest BCUT2D eigenvalue weighted by Crippen LogP contribution is -2.63. The molecule has 11 atom stereocenters. The fraction of sp³-hybridized carbons (Fsp3) is 0.566. The van der Waals surface area contributed by atoms with Crippen LogP contribution in [0.2, 0.25) is 0 Å². The van der Waals surface area contributed by atoms with Gasteiger partial charge in [0.2, 0.25) is 47.3 Å². The molecule has 1 aliphatic rings. The Morgan fingerprint density at radius 2 is 0.949 bits per heavy atom. The van der Waals surface area contributed by atoms with Crippen LogP contribution < -0.4 is 43.0 Å². The molecule has 0 aliphatic carbocycles. The highest BCUT2D eigenvalue weighted by Crippen LogP contribution is 2.22. The molecule has 0 unspecified atom stereocenters. The second kappa shape index (κ2) is 30.9. The number of carboxylic acid groups (broad SMARTS) is 3. The van der Waals surface area contributed by atoms with Gasteiger partial charge in [0.05, 0.1) is 25.0 Å². The van der Waals surface area contributed by atoms with E-state index in [0.717, 1.165) is 6.92 Å². The number of carbonyl (C=O) groups excluding carboxylic acids is 8. The zero-order valence-electron chi connectivity index (χ0n) is 45.4. The first kappa shape index (κ1) is 65.4. The van der Waals surface area contributed by atoms with E-state index < -0.39 is 144 Å². The summed E-state index contributed by atoms with van der Waals surface area (Å²) in [5.41, 5.74) is 6.57. The van der Waals surface area contributed by atoms with E-state index in [2.05, 4.69) is 37.2 Å². The fourth-order valence-corrected chi connectivity index (χ4v) is 8.66. The second-order valence-corrected chi connectivity index (χ2v) is 20.7. The molecule has 1 saturated heterocycles. The van der Waals surface area contributed by atoms with E-state index in [9.17, 15) is 78.3 Å². The molecule has 0 saturated carbocycles. The molecule has 1 fully saturated rings. The van der Waals surface area contributed by atoms with Gasteiger partial charge in [-0.25, -0.2) is 4.79 Å². The van der Waals surface area contributed by atoms with E-state index in [0.29, 0.717) is 24.0 Å². The van der Waals surface area contributed by atoms with Gasteiger partial charge >= 0.3 is 17.9 Å². The molecule has 26 nitrogen and oxygen atoms in total. The number of rotatable bonds is 31. The van der Waals surface area contributed by atoms with Crippen LogP contribution >= 0.6 is 0 Å². The Morgan fingerprint density at radius 3 is 1.42 bits per heavy atom. The minimum atomic E-state index is -1.86. The Balaban J connectivity index is 1.94. The molecule has 3 rings (SSSR count). The number of aliphatic hydroxyl groups is 1. The second-order valence-electron chi connectivity index (χ2n) is 20.7. The topological polar surface area (TPSA) is 423 Å². The van der Waals surface area contributed by atoms with E-state index in [-0.39, 0.29) is 62.0 Å². The third-order valence-corrected chi connectivity index (χ3v) is 13.1.